The van der Waals surface area contributed by atoms with Crippen LogP contribution < -0.4 is 0 Å². The first kappa shape index (κ1) is 9.53. The fourth-order valence-electron chi connectivity index (χ4n) is 0.555. The quantitative estimate of drug-likeness (QED) is 0.274. The van der Waals surface area contributed by atoms with Crippen LogP contribution in [0.15, 0.2) is 24.8 Å². The molecule has 0 spiro atoms. The van der Waals surface area contributed by atoms with Crippen LogP contribution in [-0.4, -0.2) is 16.8 Å². The van der Waals surface area contributed by atoms with Crippen molar-refractivity contribution in [1.29, 1.82) is 5.53 Å². The summed E-state index contributed by atoms with van der Waals surface area (Å²) in [7, 11) is 0. The van der Waals surface area contributed by atoms with E-state index >= 15 is 0 Å². The number of rotatable bonds is 5. The van der Waals surface area contributed by atoms with Gasteiger partial charge in [0.25, 0.3) is 0 Å². The van der Waals surface area contributed by atoms with E-state index in [1.165, 1.54) is 0 Å². The Morgan fingerprint density at radius 1 is 1.64 bits per heavy atom. The average molecular weight is 151 g/mol. The summed E-state index contributed by atoms with van der Waals surface area (Å²) >= 11 is 0. The first-order valence-electron chi connectivity index (χ1n) is 3.31. The van der Waals surface area contributed by atoms with E-state index in [0.717, 1.165) is 6.21 Å². The van der Waals surface area contributed by atoms with Gasteiger partial charge in [-0.1, -0.05) is 24.8 Å². The van der Waals surface area contributed by atoms with Gasteiger partial charge in [-0.3, -0.25) is 4.79 Å². The van der Waals surface area contributed by atoms with Crippen LogP contribution in [0, 0.1) is 5.53 Å². The Labute approximate surface area is 65.7 Å². The minimum atomic E-state index is -0.117. The number of nitrogens with zero attached hydrogens (tertiary/aromatic N) is 1. The lowest BCUT2D eigenvalue weighted by Gasteiger charge is -1.82. The molecule has 0 saturated heterocycles. The molecule has 0 rings (SSSR count). The lowest BCUT2D eigenvalue weighted by atomic mass is 10.2. The highest BCUT2D eigenvalue weighted by molar-refractivity contribution is 6.25. The Balaban J connectivity index is 3.54. The molecule has 0 fully saturated rings. The van der Waals surface area contributed by atoms with E-state index in [-0.39, 0.29) is 5.78 Å². The molecule has 0 bridgehead atoms. The summed E-state index contributed by atoms with van der Waals surface area (Å²) in [5.41, 5.74) is 6.36. The summed E-state index contributed by atoms with van der Waals surface area (Å²) in [6.45, 7) is 3.49. The van der Waals surface area contributed by atoms with E-state index in [2.05, 4.69) is 11.4 Å². The maximum absolute atomic E-state index is 10.7. The molecule has 0 amide bonds. The number of allylic oxidation sites excluding steroid dienone is 3. The van der Waals surface area contributed by atoms with Crippen molar-refractivity contribution >= 4 is 12.0 Å². The van der Waals surface area contributed by atoms with Gasteiger partial charge in [-0.05, 0) is 6.42 Å². The van der Waals surface area contributed by atoms with Gasteiger partial charge in [0.15, 0.2) is 0 Å². The Hall–Kier alpha value is -1.47. The third kappa shape index (κ3) is 6.41. The van der Waals surface area contributed by atoms with Crippen LogP contribution in [0.5, 0.6) is 0 Å². The molecule has 0 aromatic heterocycles. The number of nitrogens with one attached hydrogen (secondary N) is 1. The predicted octanol–water partition coefficient (Wildman–Crippen LogP) is 1.39. The van der Waals surface area contributed by atoms with Crippen LogP contribution >= 0.6 is 0 Å². The maximum Gasteiger partial charge on any atom is 0.372 e. The molecule has 0 aliphatic heterocycles. The summed E-state index contributed by atoms with van der Waals surface area (Å²) in [6.07, 6.45) is 7.39. The van der Waals surface area contributed by atoms with Crippen LogP contribution in [-0.2, 0) is 4.79 Å². The molecule has 0 aliphatic rings. The van der Waals surface area contributed by atoms with E-state index in [0.29, 0.717) is 12.8 Å². The van der Waals surface area contributed by atoms with Gasteiger partial charge in [-0.15, -0.1) is 0 Å². The highest BCUT2D eigenvalue weighted by Crippen LogP contribution is 1.90. The van der Waals surface area contributed by atoms with E-state index < -0.39 is 0 Å². The van der Waals surface area contributed by atoms with Gasteiger partial charge in [-0.2, -0.15) is 0 Å². The van der Waals surface area contributed by atoms with Crippen molar-refractivity contribution in [2.45, 2.75) is 12.8 Å². The monoisotopic (exact) mass is 151 g/mol. The number of carbonyl (C=O) groups is 1. The smallest absolute Gasteiger partial charge is 0.287 e. The zero-order valence-corrected chi connectivity index (χ0v) is 6.29. The van der Waals surface area contributed by atoms with E-state index in [4.69, 9.17) is 5.53 Å². The normalized spacial score (nSPS) is 9.09. The summed E-state index contributed by atoms with van der Waals surface area (Å²) in [4.78, 5) is 13.5. The Morgan fingerprint density at radius 2 is 2.36 bits per heavy atom. The third-order valence-electron chi connectivity index (χ3n) is 1.04. The molecular weight excluding hydrogens is 140 g/mol. The van der Waals surface area contributed by atoms with Crippen molar-refractivity contribution in [3.8, 4) is 0 Å². The van der Waals surface area contributed by atoms with Crippen LogP contribution in [0.3, 0.4) is 0 Å². The largest absolute Gasteiger partial charge is 0.372 e. The highest BCUT2D eigenvalue weighted by atomic mass is 16.1. The predicted molar refractivity (Wildman–Crippen MR) is 42.6 cm³/mol. The Bertz CT molecular complexity index is 212. The molecule has 11 heavy (non-hydrogen) atoms. The van der Waals surface area contributed by atoms with Crippen molar-refractivity contribution in [2.75, 3.05) is 0 Å². The van der Waals surface area contributed by atoms with E-state index in [9.17, 15) is 4.79 Å². The van der Waals surface area contributed by atoms with Crippen LogP contribution in [0.1, 0.15) is 12.8 Å². The number of hydrogen-bond donors (Lipinski definition) is 1. The number of Topliss-reactive ketones (excluding diaryl/α,β-unsaturated/α-hetero) is 1. The molecule has 3 nitrogen and oxygen atoms in total. The Kier molecular flexibility index (Phi) is 5.76. The summed E-state index contributed by atoms with van der Waals surface area (Å²) in [6, 6.07) is 0. The van der Waals surface area contributed by atoms with E-state index in [1.807, 2.05) is 6.08 Å². The SMILES string of the molecule is C=C/C=C/CCC(=O)C=[N+]=N. The fourth-order valence-corrected chi connectivity index (χ4v) is 0.555. The average Bonchev–Trinajstić information content (AvgIpc) is 1.99. The van der Waals surface area contributed by atoms with Gasteiger partial charge < -0.3 is 0 Å². The molecular formula is C8H11N2O+. The van der Waals surface area contributed by atoms with Crippen molar-refractivity contribution in [1.82, 2.24) is 0 Å². The molecule has 1 N–H and O–H groups in total. The van der Waals surface area contributed by atoms with Crippen LogP contribution in [0.4, 0.5) is 0 Å². The van der Waals surface area contributed by atoms with E-state index in [1.54, 1.807) is 12.2 Å². The lowest BCUT2D eigenvalue weighted by Crippen LogP contribution is -1.97. The van der Waals surface area contributed by atoms with Gasteiger partial charge in [-0.25, -0.2) is 0 Å². The second kappa shape index (κ2) is 6.65. The summed E-state index contributed by atoms with van der Waals surface area (Å²) in [5, 5.41) is 0. The van der Waals surface area contributed by atoms with Crippen LogP contribution in [0.25, 0.3) is 0 Å². The molecule has 0 saturated carbocycles. The number of carbonyl (C=O) groups excluding carboxylic acids is 1. The van der Waals surface area contributed by atoms with Gasteiger partial charge in [0, 0.05) is 6.42 Å². The molecule has 0 aromatic rings. The molecule has 58 valence electrons. The van der Waals surface area contributed by atoms with Crippen LogP contribution in [0.2, 0.25) is 0 Å². The molecule has 0 aliphatic carbocycles. The maximum atomic E-state index is 10.7. The van der Waals surface area contributed by atoms with Gasteiger partial charge in [0.2, 0.25) is 5.78 Å². The molecule has 3 heteroatoms. The molecule has 0 heterocycles. The summed E-state index contributed by atoms with van der Waals surface area (Å²) in [5.74, 6) is -0.117. The van der Waals surface area contributed by atoms with Gasteiger partial charge in [0.05, 0.1) is 10.3 Å². The zero-order chi connectivity index (χ0) is 8.53. The standard InChI is InChI=1S/C8H11N2O/c1-2-3-4-5-6-8(11)7-10-9/h2-4,7,9H,1,5-6H2/q+1/b4-3+. The van der Waals surface area contributed by atoms with Crippen molar-refractivity contribution in [2.24, 2.45) is 0 Å². The minimum absolute atomic E-state index is 0.117. The van der Waals surface area contributed by atoms with Crippen molar-refractivity contribution < 1.29 is 9.58 Å². The first-order valence-corrected chi connectivity index (χ1v) is 3.31. The highest BCUT2D eigenvalue weighted by Gasteiger charge is 2.00. The lowest BCUT2D eigenvalue weighted by molar-refractivity contribution is -0.131. The Morgan fingerprint density at radius 3 is 2.91 bits per heavy atom. The third-order valence-corrected chi connectivity index (χ3v) is 1.04. The first-order chi connectivity index (χ1) is 5.31. The second-order valence-corrected chi connectivity index (χ2v) is 1.93. The second-order valence-electron chi connectivity index (χ2n) is 1.93. The zero-order valence-electron chi connectivity index (χ0n) is 6.29. The van der Waals surface area contributed by atoms with Crippen molar-refractivity contribution in [3.63, 3.8) is 0 Å². The molecule has 0 atom stereocenters. The van der Waals surface area contributed by atoms with Crippen molar-refractivity contribution in [3.05, 3.63) is 24.8 Å². The fraction of sp³-hybridized carbons (Fsp3) is 0.250. The minimum Gasteiger partial charge on any atom is -0.287 e. The molecule has 0 aromatic carbocycles. The topological polar surface area (TPSA) is 55.0 Å². The van der Waals surface area contributed by atoms with Gasteiger partial charge >= 0.3 is 6.21 Å². The molecule has 0 unspecified atom stereocenters. The molecule has 0 radical (unpaired) electrons. The number of ketones is 1. The summed E-state index contributed by atoms with van der Waals surface area (Å²) < 4.78 is 0. The number of hydrogen-bond acceptors (Lipinski definition) is 2. The van der Waals surface area contributed by atoms with Gasteiger partial charge in [0.1, 0.15) is 0 Å².